The van der Waals surface area contributed by atoms with Crippen molar-refractivity contribution in [3.05, 3.63) is 12.5 Å². The number of hydrazine groups is 1. The van der Waals surface area contributed by atoms with Crippen molar-refractivity contribution in [2.75, 3.05) is 18.7 Å². The molecule has 1 aliphatic rings. The summed E-state index contributed by atoms with van der Waals surface area (Å²) in [6.07, 6.45) is 6.43. The second-order valence-corrected chi connectivity index (χ2v) is 3.51. The Morgan fingerprint density at radius 3 is 3.25 bits per heavy atom. The Morgan fingerprint density at radius 1 is 1.56 bits per heavy atom. The zero-order valence-electron chi connectivity index (χ0n) is 9.06. The normalized spacial score (nSPS) is 16.6. The first-order chi connectivity index (χ1) is 7.81. The number of methoxy groups -OCH3 is 1. The quantitative estimate of drug-likeness (QED) is 0.778. The number of amides is 1. The van der Waals surface area contributed by atoms with Crippen molar-refractivity contribution in [1.82, 2.24) is 15.4 Å². The van der Waals surface area contributed by atoms with E-state index in [0.717, 1.165) is 19.4 Å². The van der Waals surface area contributed by atoms with Crippen LogP contribution in [0.1, 0.15) is 19.3 Å². The first-order valence-electron chi connectivity index (χ1n) is 5.15. The second kappa shape index (κ2) is 4.78. The monoisotopic (exact) mass is 221 g/mol. The second-order valence-electron chi connectivity index (χ2n) is 3.51. The van der Waals surface area contributed by atoms with Gasteiger partial charge in [0.05, 0.1) is 13.3 Å². The van der Waals surface area contributed by atoms with E-state index in [1.54, 1.807) is 11.2 Å². The predicted molar refractivity (Wildman–Crippen MR) is 56.8 cm³/mol. The van der Waals surface area contributed by atoms with Crippen molar-refractivity contribution in [2.45, 2.75) is 19.3 Å². The number of hydrogen-bond donors (Lipinski definition) is 1. The molecular formula is C10H13N4O2. The third-order valence-corrected chi connectivity index (χ3v) is 2.39. The minimum Gasteiger partial charge on any atom is -0.479 e. The van der Waals surface area contributed by atoms with E-state index in [2.05, 4.69) is 21.7 Å². The number of aromatic nitrogens is 2. The average Bonchev–Trinajstić information content (AvgIpc) is 2.54. The third kappa shape index (κ3) is 2.21. The molecule has 1 fully saturated rings. The van der Waals surface area contributed by atoms with Crippen LogP contribution in [-0.4, -0.2) is 29.5 Å². The summed E-state index contributed by atoms with van der Waals surface area (Å²) in [6, 6.07) is 0. The smallest absolute Gasteiger partial charge is 0.243 e. The summed E-state index contributed by atoms with van der Waals surface area (Å²) in [5.41, 5.74) is 3.45. The molecule has 0 spiro atoms. The molecule has 0 aliphatic carbocycles. The lowest BCUT2D eigenvalue weighted by Gasteiger charge is -2.23. The molecular weight excluding hydrogens is 208 g/mol. The Hall–Kier alpha value is -1.85. The largest absolute Gasteiger partial charge is 0.479 e. The number of carbonyl (C=O) groups excluding carboxylic acids is 1. The van der Waals surface area contributed by atoms with Gasteiger partial charge in [0.25, 0.3) is 0 Å². The van der Waals surface area contributed by atoms with E-state index in [1.165, 1.54) is 7.11 Å². The van der Waals surface area contributed by atoms with E-state index in [0.29, 0.717) is 18.0 Å². The summed E-state index contributed by atoms with van der Waals surface area (Å²) in [7, 11) is 1.53. The molecule has 0 atom stereocenters. The van der Waals surface area contributed by atoms with Gasteiger partial charge in [-0.15, -0.1) is 0 Å². The van der Waals surface area contributed by atoms with Crippen LogP contribution in [0.25, 0.3) is 0 Å². The number of anilines is 1. The number of nitrogens with zero attached hydrogens (tertiary/aromatic N) is 3. The highest BCUT2D eigenvalue weighted by Gasteiger charge is 2.18. The Balaban J connectivity index is 2.24. The Kier molecular flexibility index (Phi) is 3.19. The standard InChI is InChI=1S/C10H13N4O2/c1-16-10-8(6-11-7-12-10)14-5-3-2-4-9(15)13-14/h6H,2-5H2,1H3,(H,13,15). The van der Waals surface area contributed by atoms with Crippen LogP contribution in [0.2, 0.25) is 0 Å². The SMILES string of the molecule is COc1n[c]ncc1N1CCCCC(=O)N1. The molecule has 2 rings (SSSR count). The first kappa shape index (κ1) is 10.7. The van der Waals surface area contributed by atoms with Gasteiger partial charge in [-0.3, -0.25) is 15.2 Å². The van der Waals surface area contributed by atoms with E-state index in [-0.39, 0.29) is 5.91 Å². The maximum Gasteiger partial charge on any atom is 0.243 e. The lowest BCUT2D eigenvalue weighted by molar-refractivity contribution is -0.120. The Labute approximate surface area is 93.6 Å². The van der Waals surface area contributed by atoms with Gasteiger partial charge in [0.2, 0.25) is 18.1 Å². The molecule has 6 nitrogen and oxygen atoms in total. The molecule has 0 bridgehead atoms. The molecule has 1 aromatic heterocycles. The van der Waals surface area contributed by atoms with E-state index in [1.807, 2.05) is 0 Å². The summed E-state index contributed by atoms with van der Waals surface area (Å²) in [5, 5.41) is 1.72. The molecule has 2 heterocycles. The van der Waals surface area contributed by atoms with Crippen molar-refractivity contribution < 1.29 is 9.53 Å². The molecule has 85 valence electrons. The van der Waals surface area contributed by atoms with E-state index < -0.39 is 0 Å². The fourth-order valence-corrected chi connectivity index (χ4v) is 1.61. The van der Waals surface area contributed by atoms with Gasteiger partial charge in [-0.2, -0.15) is 4.98 Å². The topological polar surface area (TPSA) is 67.4 Å². The van der Waals surface area contributed by atoms with E-state index in [4.69, 9.17) is 4.74 Å². The van der Waals surface area contributed by atoms with Crippen LogP contribution in [0.5, 0.6) is 5.88 Å². The lowest BCUT2D eigenvalue weighted by atomic mass is 10.2. The summed E-state index contributed by atoms with van der Waals surface area (Å²) in [6.45, 7) is 0.732. The summed E-state index contributed by atoms with van der Waals surface area (Å²) < 4.78 is 5.10. The molecule has 0 aromatic carbocycles. The van der Waals surface area contributed by atoms with Gasteiger partial charge in [-0.05, 0) is 12.8 Å². The van der Waals surface area contributed by atoms with Crippen molar-refractivity contribution in [2.24, 2.45) is 0 Å². The van der Waals surface area contributed by atoms with Gasteiger partial charge in [0.15, 0.2) is 0 Å². The van der Waals surface area contributed by atoms with Crippen LogP contribution in [0.15, 0.2) is 6.20 Å². The first-order valence-corrected chi connectivity index (χ1v) is 5.15. The highest BCUT2D eigenvalue weighted by atomic mass is 16.5. The van der Waals surface area contributed by atoms with Gasteiger partial charge < -0.3 is 4.74 Å². The maximum absolute atomic E-state index is 11.4. The zero-order chi connectivity index (χ0) is 11.4. The molecule has 1 saturated heterocycles. The highest BCUT2D eigenvalue weighted by Crippen LogP contribution is 2.23. The van der Waals surface area contributed by atoms with Gasteiger partial charge in [0, 0.05) is 13.0 Å². The Morgan fingerprint density at radius 2 is 2.44 bits per heavy atom. The molecule has 0 unspecified atom stereocenters. The van der Waals surface area contributed by atoms with Crippen molar-refractivity contribution >= 4 is 11.6 Å². The molecule has 1 radical (unpaired) electrons. The van der Waals surface area contributed by atoms with Gasteiger partial charge in [-0.25, -0.2) is 4.98 Å². The van der Waals surface area contributed by atoms with Gasteiger partial charge >= 0.3 is 0 Å². The summed E-state index contributed by atoms with van der Waals surface area (Å²) in [5.74, 6) is 0.421. The van der Waals surface area contributed by atoms with Crippen molar-refractivity contribution in [3.63, 3.8) is 0 Å². The van der Waals surface area contributed by atoms with Crippen molar-refractivity contribution in [1.29, 1.82) is 0 Å². The molecule has 1 amide bonds. The fraction of sp³-hybridized carbons (Fsp3) is 0.500. The Bertz CT molecular complexity index is 383. The molecule has 1 aromatic rings. The minimum atomic E-state index is 0.00684. The number of ether oxygens (including phenoxy) is 1. The number of rotatable bonds is 2. The zero-order valence-corrected chi connectivity index (χ0v) is 9.06. The van der Waals surface area contributed by atoms with Crippen LogP contribution < -0.4 is 15.2 Å². The number of hydrogen-bond acceptors (Lipinski definition) is 5. The van der Waals surface area contributed by atoms with Crippen LogP contribution in [0.4, 0.5) is 5.69 Å². The van der Waals surface area contributed by atoms with Crippen LogP contribution in [0, 0.1) is 6.33 Å². The minimum absolute atomic E-state index is 0.00684. The van der Waals surface area contributed by atoms with Gasteiger partial charge in [0.1, 0.15) is 5.69 Å². The predicted octanol–water partition coefficient (Wildman–Crippen LogP) is 0.307. The molecule has 1 aliphatic heterocycles. The van der Waals surface area contributed by atoms with E-state index in [9.17, 15) is 4.79 Å². The van der Waals surface area contributed by atoms with Crippen LogP contribution in [-0.2, 0) is 4.79 Å². The van der Waals surface area contributed by atoms with Crippen LogP contribution in [0.3, 0.4) is 0 Å². The molecule has 16 heavy (non-hydrogen) atoms. The average molecular weight is 221 g/mol. The third-order valence-electron chi connectivity index (χ3n) is 2.39. The van der Waals surface area contributed by atoms with Crippen molar-refractivity contribution in [3.8, 4) is 5.88 Å². The molecule has 0 saturated carbocycles. The maximum atomic E-state index is 11.4. The number of carbonyl (C=O) groups is 1. The van der Waals surface area contributed by atoms with E-state index >= 15 is 0 Å². The lowest BCUT2D eigenvalue weighted by Crippen LogP contribution is -2.41. The molecule has 1 N–H and O–H groups in total. The van der Waals surface area contributed by atoms with Gasteiger partial charge in [-0.1, -0.05) is 0 Å². The van der Waals surface area contributed by atoms with Crippen LogP contribution >= 0.6 is 0 Å². The fourth-order valence-electron chi connectivity index (χ4n) is 1.61. The number of nitrogens with one attached hydrogen (secondary N) is 1. The summed E-state index contributed by atoms with van der Waals surface area (Å²) >= 11 is 0. The molecule has 6 heteroatoms. The highest BCUT2D eigenvalue weighted by molar-refractivity contribution is 5.78. The summed E-state index contributed by atoms with van der Waals surface area (Å²) in [4.78, 5) is 19.1.